The molecule has 1 saturated heterocycles. The average molecular weight is 332 g/mol. The molecule has 1 aliphatic rings. The van der Waals surface area contributed by atoms with Gasteiger partial charge >= 0.3 is 5.97 Å². The van der Waals surface area contributed by atoms with E-state index in [1.54, 1.807) is 36.1 Å². The molecule has 6 heteroatoms. The van der Waals surface area contributed by atoms with Gasteiger partial charge in [0, 0.05) is 24.7 Å². The molecule has 0 bridgehead atoms. The maximum atomic E-state index is 12.4. The minimum absolute atomic E-state index is 0.0298. The summed E-state index contributed by atoms with van der Waals surface area (Å²) in [5, 5.41) is 2.81. The lowest BCUT2D eigenvalue weighted by Gasteiger charge is -2.23. The van der Waals surface area contributed by atoms with Crippen LogP contribution in [0.1, 0.15) is 44.0 Å². The fourth-order valence-electron chi connectivity index (χ4n) is 2.70. The van der Waals surface area contributed by atoms with Crippen LogP contribution in [0.4, 0.5) is 5.69 Å². The zero-order chi connectivity index (χ0) is 17.7. The summed E-state index contributed by atoms with van der Waals surface area (Å²) in [4.78, 5) is 37.7. The lowest BCUT2D eigenvalue weighted by atomic mass is 10.1. The minimum Gasteiger partial charge on any atom is -0.462 e. The number of nitrogens with one attached hydrogen (secondary N) is 1. The first-order chi connectivity index (χ1) is 11.5. The molecule has 1 aromatic carbocycles. The molecular weight excluding hydrogens is 308 g/mol. The molecule has 1 aliphatic heterocycles. The Morgan fingerprint density at radius 3 is 2.54 bits per heavy atom. The van der Waals surface area contributed by atoms with Crippen molar-refractivity contribution in [3.63, 3.8) is 0 Å². The Bertz CT molecular complexity index is 612. The maximum Gasteiger partial charge on any atom is 0.338 e. The quantitative estimate of drug-likeness (QED) is 0.812. The Kier molecular flexibility index (Phi) is 5.95. The number of hydrogen-bond donors (Lipinski definition) is 1. The van der Waals surface area contributed by atoms with E-state index in [2.05, 4.69) is 5.32 Å². The van der Waals surface area contributed by atoms with Gasteiger partial charge in [0.1, 0.15) is 0 Å². The third-order valence-corrected chi connectivity index (χ3v) is 4.32. The highest BCUT2D eigenvalue weighted by molar-refractivity contribution is 5.97. The summed E-state index contributed by atoms with van der Waals surface area (Å²) in [6.07, 6.45) is 1.12. The van der Waals surface area contributed by atoms with Gasteiger partial charge < -0.3 is 15.0 Å². The number of benzene rings is 1. The second-order valence-corrected chi connectivity index (χ2v) is 5.99. The van der Waals surface area contributed by atoms with Crippen molar-refractivity contribution < 1.29 is 19.1 Å². The molecule has 1 fully saturated rings. The third-order valence-electron chi connectivity index (χ3n) is 4.32. The van der Waals surface area contributed by atoms with E-state index in [4.69, 9.17) is 4.74 Å². The molecule has 2 amide bonds. The van der Waals surface area contributed by atoms with Crippen molar-refractivity contribution in [3.05, 3.63) is 29.8 Å². The Hall–Kier alpha value is -2.37. The van der Waals surface area contributed by atoms with Crippen LogP contribution in [0, 0.1) is 5.92 Å². The molecule has 2 atom stereocenters. The van der Waals surface area contributed by atoms with E-state index in [1.807, 2.05) is 13.8 Å². The van der Waals surface area contributed by atoms with Crippen LogP contribution in [0.15, 0.2) is 24.3 Å². The van der Waals surface area contributed by atoms with Crippen LogP contribution in [-0.4, -0.2) is 41.9 Å². The summed E-state index contributed by atoms with van der Waals surface area (Å²) < 4.78 is 4.92. The molecule has 1 aromatic rings. The SMILES string of the molecule is CCOC(=O)c1ccc(NC(=O)C2CC(=O)N(C(C)CC)C2)cc1. The highest BCUT2D eigenvalue weighted by Crippen LogP contribution is 2.23. The zero-order valence-corrected chi connectivity index (χ0v) is 14.4. The largest absolute Gasteiger partial charge is 0.462 e. The standard InChI is InChI=1S/C18H24N2O4/c1-4-12(3)20-11-14(10-16(20)21)17(22)19-15-8-6-13(7-9-15)18(23)24-5-2/h6-9,12,14H,4-5,10-11H2,1-3H3,(H,19,22). The van der Waals surface area contributed by atoms with Crippen LogP contribution in [0.2, 0.25) is 0 Å². The van der Waals surface area contributed by atoms with Gasteiger partial charge in [0.2, 0.25) is 11.8 Å². The van der Waals surface area contributed by atoms with Crippen LogP contribution >= 0.6 is 0 Å². The molecule has 2 rings (SSSR count). The van der Waals surface area contributed by atoms with Crippen molar-refractivity contribution in [1.29, 1.82) is 0 Å². The van der Waals surface area contributed by atoms with Gasteiger partial charge in [-0.3, -0.25) is 9.59 Å². The Morgan fingerprint density at radius 2 is 1.96 bits per heavy atom. The number of ether oxygens (including phenoxy) is 1. The lowest BCUT2D eigenvalue weighted by molar-refractivity contribution is -0.129. The average Bonchev–Trinajstić information content (AvgIpc) is 2.97. The number of nitrogens with zero attached hydrogens (tertiary/aromatic N) is 1. The van der Waals surface area contributed by atoms with Crippen molar-refractivity contribution in [2.24, 2.45) is 5.92 Å². The van der Waals surface area contributed by atoms with E-state index in [1.165, 1.54) is 0 Å². The number of anilines is 1. The van der Waals surface area contributed by atoms with Gasteiger partial charge in [0.15, 0.2) is 0 Å². The van der Waals surface area contributed by atoms with Gasteiger partial charge in [0.25, 0.3) is 0 Å². The third kappa shape index (κ3) is 4.13. The molecule has 2 unspecified atom stereocenters. The fourth-order valence-corrected chi connectivity index (χ4v) is 2.70. The molecule has 1 heterocycles. The van der Waals surface area contributed by atoms with Crippen molar-refractivity contribution in [1.82, 2.24) is 4.90 Å². The summed E-state index contributed by atoms with van der Waals surface area (Å²) in [5.74, 6) is -0.864. The fraction of sp³-hybridized carbons (Fsp3) is 0.500. The van der Waals surface area contributed by atoms with E-state index in [-0.39, 0.29) is 36.2 Å². The van der Waals surface area contributed by atoms with Crippen LogP contribution in [0.5, 0.6) is 0 Å². The second-order valence-electron chi connectivity index (χ2n) is 5.99. The highest BCUT2D eigenvalue weighted by atomic mass is 16.5. The van der Waals surface area contributed by atoms with Crippen LogP contribution < -0.4 is 5.32 Å². The molecule has 24 heavy (non-hydrogen) atoms. The number of carbonyl (C=O) groups excluding carboxylic acids is 3. The van der Waals surface area contributed by atoms with Crippen molar-refractivity contribution in [2.45, 2.75) is 39.7 Å². The summed E-state index contributed by atoms with van der Waals surface area (Å²) in [5.41, 5.74) is 1.04. The summed E-state index contributed by atoms with van der Waals surface area (Å²) in [7, 11) is 0. The predicted molar refractivity (Wildman–Crippen MR) is 90.6 cm³/mol. The molecule has 0 radical (unpaired) electrons. The molecule has 0 spiro atoms. The van der Waals surface area contributed by atoms with Gasteiger partial charge in [-0.25, -0.2) is 4.79 Å². The van der Waals surface area contributed by atoms with Crippen LogP contribution in [0.25, 0.3) is 0 Å². The van der Waals surface area contributed by atoms with Crippen molar-refractivity contribution in [3.8, 4) is 0 Å². The minimum atomic E-state index is -0.388. The number of hydrogen-bond acceptors (Lipinski definition) is 4. The van der Waals surface area contributed by atoms with E-state index in [0.29, 0.717) is 24.4 Å². The first-order valence-electron chi connectivity index (χ1n) is 8.33. The van der Waals surface area contributed by atoms with Gasteiger partial charge in [-0.05, 0) is 44.5 Å². The Balaban J connectivity index is 1.95. The topological polar surface area (TPSA) is 75.7 Å². The number of amides is 2. The molecular formula is C18H24N2O4. The Morgan fingerprint density at radius 1 is 1.29 bits per heavy atom. The summed E-state index contributed by atoms with van der Waals surface area (Å²) in [6, 6.07) is 6.69. The van der Waals surface area contributed by atoms with E-state index in [9.17, 15) is 14.4 Å². The monoisotopic (exact) mass is 332 g/mol. The van der Waals surface area contributed by atoms with Crippen LogP contribution in [-0.2, 0) is 14.3 Å². The maximum absolute atomic E-state index is 12.4. The van der Waals surface area contributed by atoms with E-state index in [0.717, 1.165) is 6.42 Å². The van der Waals surface area contributed by atoms with E-state index >= 15 is 0 Å². The summed E-state index contributed by atoms with van der Waals surface area (Å²) in [6.45, 7) is 6.54. The lowest BCUT2D eigenvalue weighted by Crippen LogP contribution is -2.35. The van der Waals surface area contributed by atoms with Gasteiger partial charge in [-0.1, -0.05) is 6.92 Å². The molecule has 6 nitrogen and oxygen atoms in total. The number of likely N-dealkylation sites (tertiary alicyclic amines) is 1. The van der Waals surface area contributed by atoms with Gasteiger partial charge in [-0.15, -0.1) is 0 Å². The van der Waals surface area contributed by atoms with E-state index < -0.39 is 0 Å². The molecule has 0 aliphatic carbocycles. The zero-order valence-electron chi connectivity index (χ0n) is 14.4. The molecule has 0 aromatic heterocycles. The number of carbonyl (C=O) groups is 3. The van der Waals surface area contributed by atoms with Gasteiger partial charge in [0.05, 0.1) is 18.1 Å². The normalized spacial score (nSPS) is 18.4. The predicted octanol–water partition coefficient (Wildman–Crippen LogP) is 2.45. The number of esters is 1. The first-order valence-corrected chi connectivity index (χ1v) is 8.33. The second kappa shape index (κ2) is 7.95. The Labute approximate surface area is 142 Å². The number of rotatable bonds is 6. The van der Waals surface area contributed by atoms with Crippen molar-refractivity contribution in [2.75, 3.05) is 18.5 Å². The van der Waals surface area contributed by atoms with Gasteiger partial charge in [-0.2, -0.15) is 0 Å². The van der Waals surface area contributed by atoms with Crippen molar-refractivity contribution >= 4 is 23.5 Å². The first kappa shape index (κ1) is 18.0. The highest BCUT2D eigenvalue weighted by Gasteiger charge is 2.36. The smallest absolute Gasteiger partial charge is 0.338 e. The molecule has 0 saturated carbocycles. The summed E-state index contributed by atoms with van der Waals surface area (Å²) >= 11 is 0. The molecule has 130 valence electrons. The van der Waals surface area contributed by atoms with Crippen LogP contribution in [0.3, 0.4) is 0 Å². The molecule has 1 N–H and O–H groups in total.